The SMILES string of the molecule is CCOC(F)(C(=O)F)C(F)(F)F. The van der Waals surface area contributed by atoms with Gasteiger partial charge in [-0.3, -0.25) is 4.79 Å². The molecule has 0 aromatic carbocycles. The Hall–Kier alpha value is -0.720. The van der Waals surface area contributed by atoms with Crippen LogP contribution in [0.2, 0.25) is 0 Å². The molecule has 0 rings (SSSR count). The fourth-order valence-corrected chi connectivity index (χ4v) is 0.449. The van der Waals surface area contributed by atoms with E-state index < -0.39 is 24.7 Å². The number of ether oxygens (including phenoxy) is 1. The number of halogens is 5. The highest BCUT2D eigenvalue weighted by Gasteiger charge is 2.64. The van der Waals surface area contributed by atoms with Gasteiger partial charge in [-0.1, -0.05) is 0 Å². The summed E-state index contributed by atoms with van der Waals surface area (Å²) in [5, 5.41) is 0. The van der Waals surface area contributed by atoms with Crippen LogP contribution in [-0.2, 0) is 9.53 Å². The predicted octanol–water partition coefficient (Wildman–Crippen LogP) is 1.75. The van der Waals surface area contributed by atoms with Gasteiger partial charge in [0.1, 0.15) is 0 Å². The Morgan fingerprint density at radius 3 is 1.83 bits per heavy atom. The zero-order valence-electron chi connectivity index (χ0n) is 5.91. The van der Waals surface area contributed by atoms with Crippen molar-refractivity contribution in [1.29, 1.82) is 0 Å². The average Bonchev–Trinajstić information content (AvgIpc) is 1.85. The lowest BCUT2D eigenvalue weighted by atomic mass is 10.3. The summed E-state index contributed by atoms with van der Waals surface area (Å²) in [7, 11) is 0. The molecule has 0 amide bonds. The zero-order chi connectivity index (χ0) is 9.99. The monoisotopic (exact) mass is 192 g/mol. The Bertz CT molecular complexity index is 177. The Morgan fingerprint density at radius 2 is 1.75 bits per heavy atom. The van der Waals surface area contributed by atoms with Gasteiger partial charge in [-0.15, -0.1) is 0 Å². The molecule has 0 bridgehead atoms. The molecule has 0 aliphatic heterocycles. The van der Waals surface area contributed by atoms with Gasteiger partial charge in [0, 0.05) is 6.61 Å². The van der Waals surface area contributed by atoms with E-state index in [0.29, 0.717) is 0 Å². The predicted molar refractivity (Wildman–Crippen MR) is 27.6 cm³/mol. The van der Waals surface area contributed by atoms with E-state index >= 15 is 0 Å². The second-order valence-electron chi connectivity index (χ2n) is 1.80. The van der Waals surface area contributed by atoms with Crippen LogP contribution in [0, 0.1) is 0 Å². The molecule has 0 radical (unpaired) electrons. The fraction of sp³-hybridized carbons (Fsp3) is 0.800. The number of hydrogen-bond donors (Lipinski definition) is 0. The van der Waals surface area contributed by atoms with Crippen molar-refractivity contribution in [3.05, 3.63) is 0 Å². The van der Waals surface area contributed by atoms with E-state index in [2.05, 4.69) is 4.74 Å². The quantitative estimate of drug-likeness (QED) is 0.503. The molecule has 0 spiro atoms. The average molecular weight is 192 g/mol. The summed E-state index contributed by atoms with van der Waals surface area (Å²) in [4.78, 5) is 9.62. The first kappa shape index (κ1) is 11.3. The fourth-order valence-electron chi connectivity index (χ4n) is 0.449. The molecular weight excluding hydrogens is 187 g/mol. The normalized spacial score (nSPS) is 17.2. The van der Waals surface area contributed by atoms with Crippen molar-refractivity contribution in [3.8, 4) is 0 Å². The topological polar surface area (TPSA) is 26.3 Å². The Balaban J connectivity index is 4.75. The number of alkyl halides is 4. The molecule has 0 fully saturated rings. The Kier molecular flexibility index (Phi) is 3.14. The second-order valence-corrected chi connectivity index (χ2v) is 1.80. The maximum absolute atomic E-state index is 12.3. The highest BCUT2D eigenvalue weighted by molar-refractivity contribution is 5.77. The third-order valence-electron chi connectivity index (χ3n) is 0.961. The van der Waals surface area contributed by atoms with Gasteiger partial charge >= 0.3 is 18.1 Å². The van der Waals surface area contributed by atoms with Gasteiger partial charge in [-0.25, -0.2) is 0 Å². The molecule has 2 nitrogen and oxygen atoms in total. The Morgan fingerprint density at radius 1 is 1.33 bits per heavy atom. The molecule has 1 unspecified atom stereocenters. The summed E-state index contributed by atoms with van der Waals surface area (Å²) >= 11 is 0. The van der Waals surface area contributed by atoms with Crippen molar-refractivity contribution in [3.63, 3.8) is 0 Å². The highest BCUT2D eigenvalue weighted by Crippen LogP contribution is 2.36. The minimum absolute atomic E-state index is 0.758. The molecule has 0 aromatic heterocycles. The van der Waals surface area contributed by atoms with Crippen LogP contribution < -0.4 is 0 Å². The van der Waals surface area contributed by atoms with E-state index in [0.717, 1.165) is 6.92 Å². The van der Waals surface area contributed by atoms with Crippen molar-refractivity contribution in [2.45, 2.75) is 19.0 Å². The highest BCUT2D eigenvalue weighted by atomic mass is 19.4. The van der Waals surface area contributed by atoms with Gasteiger partial charge in [-0.2, -0.15) is 22.0 Å². The third kappa shape index (κ3) is 1.90. The standard InChI is InChI=1S/C5H5F5O2/c1-2-12-4(7,3(6)11)5(8,9)10/h2H2,1H3. The van der Waals surface area contributed by atoms with Gasteiger partial charge in [0.2, 0.25) is 0 Å². The second kappa shape index (κ2) is 3.34. The first-order valence-electron chi connectivity index (χ1n) is 2.85. The van der Waals surface area contributed by atoms with E-state index in [1.807, 2.05) is 0 Å². The van der Waals surface area contributed by atoms with Gasteiger partial charge in [0.05, 0.1) is 0 Å². The van der Waals surface area contributed by atoms with Crippen LogP contribution in [0.5, 0.6) is 0 Å². The summed E-state index contributed by atoms with van der Waals surface area (Å²) in [6.45, 7) is 0.245. The molecule has 12 heavy (non-hydrogen) atoms. The van der Waals surface area contributed by atoms with Gasteiger partial charge in [0.15, 0.2) is 0 Å². The molecule has 0 aliphatic carbocycles. The first-order valence-corrected chi connectivity index (χ1v) is 2.85. The van der Waals surface area contributed by atoms with Crippen molar-refractivity contribution in [2.75, 3.05) is 6.61 Å². The first-order chi connectivity index (χ1) is 5.25. The summed E-state index contributed by atoms with van der Waals surface area (Å²) in [5.74, 6) is -4.82. The summed E-state index contributed by atoms with van der Waals surface area (Å²) in [6.07, 6.45) is -5.69. The van der Waals surface area contributed by atoms with Crippen molar-refractivity contribution in [2.24, 2.45) is 0 Å². The maximum Gasteiger partial charge on any atom is 0.459 e. The molecule has 0 saturated heterocycles. The molecule has 7 heteroatoms. The Labute approximate surface area is 64.3 Å². The zero-order valence-corrected chi connectivity index (χ0v) is 5.91. The van der Waals surface area contributed by atoms with Crippen LogP contribution in [0.15, 0.2) is 0 Å². The van der Waals surface area contributed by atoms with E-state index in [4.69, 9.17) is 0 Å². The number of carbonyl (C=O) groups is 1. The smallest absolute Gasteiger partial charge is 0.331 e. The summed E-state index contributed by atoms with van der Waals surface area (Å²) < 4.78 is 62.0. The summed E-state index contributed by atoms with van der Waals surface area (Å²) in [5.41, 5.74) is 0. The van der Waals surface area contributed by atoms with Crippen LogP contribution in [0.3, 0.4) is 0 Å². The van der Waals surface area contributed by atoms with Crippen LogP contribution in [0.4, 0.5) is 22.0 Å². The molecule has 0 N–H and O–H groups in total. The molecular formula is C5H5F5O2. The molecule has 0 heterocycles. The van der Waals surface area contributed by atoms with Crippen LogP contribution in [0.1, 0.15) is 6.92 Å². The van der Waals surface area contributed by atoms with E-state index in [1.54, 1.807) is 0 Å². The van der Waals surface area contributed by atoms with Crippen LogP contribution >= 0.6 is 0 Å². The van der Waals surface area contributed by atoms with E-state index in [1.165, 1.54) is 0 Å². The minimum Gasteiger partial charge on any atom is -0.331 e. The van der Waals surface area contributed by atoms with Crippen LogP contribution in [0.25, 0.3) is 0 Å². The van der Waals surface area contributed by atoms with Crippen molar-refractivity contribution in [1.82, 2.24) is 0 Å². The minimum atomic E-state index is -5.69. The lowest BCUT2D eigenvalue weighted by Gasteiger charge is -2.21. The third-order valence-corrected chi connectivity index (χ3v) is 0.961. The van der Waals surface area contributed by atoms with Gasteiger partial charge < -0.3 is 4.74 Å². The van der Waals surface area contributed by atoms with Gasteiger partial charge in [-0.05, 0) is 6.92 Å². The molecule has 0 saturated carbocycles. The van der Waals surface area contributed by atoms with Gasteiger partial charge in [0.25, 0.3) is 0 Å². The molecule has 1 atom stereocenters. The summed E-state index contributed by atoms with van der Waals surface area (Å²) in [6, 6.07) is -3.20. The van der Waals surface area contributed by atoms with E-state index in [9.17, 15) is 26.7 Å². The molecule has 72 valence electrons. The van der Waals surface area contributed by atoms with Crippen molar-refractivity contribution < 1.29 is 31.5 Å². The lowest BCUT2D eigenvalue weighted by molar-refractivity contribution is -0.317. The number of rotatable bonds is 3. The largest absolute Gasteiger partial charge is 0.459 e. The maximum atomic E-state index is 12.3. The number of carbonyl (C=O) groups excluding carboxylic acids is 1. The lowest BCUT2D eigenvalue weighted by Crippen LogP contribution is -2.48. The van der Waals surface area contributed by atoms with E-state index in [-0.39, 0.29) is 0 Å². The van der Waals surface area contributed by atoms with Crippen LogP contribution in [-0.4, -0.2) is 24.7 Å². The van der Waals surface area contributed by atoms with Crippen molar-refractivity contribution >= 4 is 6.04 Å². The molecule has 0 aromatic rings. The molecule has 0 aliphatic rings. The number of hydrogen-bond acceptors (Lipinski definition) is 2.